The smallest absolute Gasteiger partial charge is 0.261 e. The summed E-state index contributed by atoms with van der Waals surface area (Å²) in [5, 5.41) is -0.267. The summed E-state index contributed by atoms with van der Waals surface area (Å²) >= 11 is 5.62. The van der Waals surface area contributed by atoms with Gasteiger partial charge >= 0.3 is 0 Å². The number of methoxy groups -OCH3 is 1. The fourth-order valence-corrected chi connectivity index (χ4v) is 3.18. The van der Waals surface area contributed by atoms with Gasteiger partial charge in [-0.05, 0) is 37.3 Å². The van der Waals surface area contributed by atoms with Crippen molar-refractivity contribution in [2.75, 3.05) is 18.4 Å². The molecule has 0 spiro atoms. The van der Waals surface area contributed by atoms with Crippen LogP contribution in [0.2, 0.25) is 5.02 Å². The third-order valence-electron chi connectivity index (χ3n) is 2.92. The Bertz CT molecular complexity index is 811. The molecule has 0 aliphatic carbocycles. The molecule has 0 fully saturated rings. The maximum atomic E-state index is 13.2. The molecular formula is C15H15ClFNO4S. The molecule has 0 heterocycles. The Kier molecular flexibility index (Phi) is 5.33. The summed E-state index contributed by atoms with van der Waals surface area (Å²) in [7, 11) is -2.45. The topological polar surface area (TPSA) is 64.6 Å². The first-order chi connectivity index (χ1) is 10.9. The van der Waals surface area contributed by atoms with Crippen molar-refractivity contribution in [3.8, 4) is 11.5 Å². The van der Waals surface area contributed by atoms with Crippen molar-refractivity contribution in [1.29, 1.82) is 0 Å². The van der Waals surface area contributed by atoms with Gasteiger partial charge < -0.3 is 9.47 Å². The van der Waals surface area contributed by atoms with Gasteiger partial charge in [0.25, 0.3) is 10.0 Å². The molecule has 23 heavy (non-hydrogen) atoms. The molecule has 0 atom stereocenters. The van der Waals surface area contributed by atoms with Crippen molar-refractivity contribution >= 4 is 27.3 Å². The van der Waals surface area contributed by atoms with Crippen molar-refractivity contribution in [3.05, 3.63) is 47.2 Å². The van der Waals surface area contributed by atoms with Gasteiger partial charge in [-0.3, -0.25) is 4.72 Å². The second-order valence-corrected chi connectivity index (χ2v) is 6.57. The highest BCUT2D eigenvalue weighted by Gasteiger charge is 2.17. The minimum absolute atomic E-state index is 0.142. The van der Waals surface area contributed by atoms with Crippen molar-refractivity contribution in [1.82, 2.24) is 0 Å². The normalized spacial score (nSPS) is 11.1. The Hall–Kier alpha value is -1.99. The van der Waals surface area contributed by atoms with Crippen molar-refractivity contribution in [3.63, 3.8) is 0 Å². The van der Waals surface area contributed by atoms with E-state index >= 15 is 0 Å². The highest BCUT2D eigenvalue weighted by molar-refractivity contribution is 7.92. The number of nitrogens with one attached hydrogen (secondary N) is 1. The van der Waals surface area contributed by atoms with Crippen molar-refractivity contribution in [2.24, 2.45) is 0 Å². The summed E-state index contributed by atoms with van der Waals surface area (Å²) in [5.74, 6) is 0.209. The molecule has 0 unspecified atom stereocenters. The van der Waals surface area contributed by atoms with Crippen LogP contribution < -0.4 is 14.2 Å². The predicted molar refractivity (Wildman–Crippen MR) is 86.4 cm³/mol. The Morgan fingerprint density at radius 2 is 1.91 bits per heavy atom. The molecule has 124 valence electrons. The molecule has 1 N–H and O–H groups in total. The Labute approximate surface area is 139 Å². The van der Waals surface area contributed by atoms with Crippen LogP contribution in [0, 0.1) is 5.82 Å². The van der Waals surface area contributed by atoms with E-state index in [1.165, 1.54) is 19.2 Å². The largest absolute Gasteiger partial charge is 0.493 e. The monoisotopic (exact) mass is 359 g/mol. The van der Waals surface area contributed by atoms with Crippen LogP contribution in [0.3, 0.4) is 0 Å². The van der Waals surface area contributed by atoms with Crippen LogP contribution >= 0.6 is 11.6 Å². The molecule has 2 aromatic rings. The molecule has 2 rings (SSSR count). The van der Waals surface area contributed by atoms with Crippen LogP contribution in [0.15, 0.2) is 41.3 Å². The molecule has 0 aliphatic rings. The van der Waals surface area contributed by atoms with E-state index in [2.05, 4.69) is 4.72 Å². The van der Waals surface area contributed by atoms with E-state index in [1.54, 1.807) is 6.07 Å². The highest BCUT2D eigenvalue weighted by atomic mass is 35.5. The van der Waals surface area contributed by atoms with Gasteiger partial charge in [0.1, 0.15) is 5.82 Å². The number of hydrogen-bond acceptors (Lipinski definition) is 4. The maximum absolute atomic E-state index is 13.2. The molecule has 0 aromatic heterocycles. The third-order valence-corrected chi connectivity index (χ3v) is 4.59. The van der Waals surface area contributed by atoms with Gasteiger partial charge in [-0.15, -0.1) is 0 Å². The average molecular weight is 360 g/mol. The summed E-state index contributed by atoms with van der Waals surface area (Å²) in [5.41, 5.74) is 0.283. The summed E-state index contributed by atoms with van der Waals surface area (Å²) in [6.07, 6.45) is 0. The molecule has 5 nitrogen and oxygen atoms in total. The zero-order valence-electron chi connectivity index (χ0n) is 12.5. The molecular weight excluding hydrogens is 345 g/mol. The van der Waals surface area contributed by atoms with Crippen LogP contribution in [-0.2, 0) is 10.0 Å². The lowest BCUT2D eigenvalue weighted by Gasteiger charge is -2.13. The van der Waals surface area contributed by atoms with Gasteiger partial charge in [0.15, 0.2) is 11.5 Å². The molecule has 8 heteroatoms. The Morgan fingerprint density at radius 3 is 2.52 bits per heavy atom. The van der Waals surface area contributed by atoms with Crippen LogP contribution in [0.4, 0.5) is 10.1 Å². The summed E-state index contributed by atoms with van der Waals surface area (Å²) in [6, 6.07) is 7.80. The van der Waals surface area contributed by atoms with E-state index < -0.39 is 15.8 Å². The van der Waals surface area contributed by atoms with E-state index in [9.17, 15) is 12.8 Å². The van der Waals surface area contributed by atoms with Crippen LogP contribution in [0.25, 0.3) is 0 Å². The lowest BCUT2D eigenvalue weighted by atomic mass is 10.3. The Morgan fingerprint density at radius 1 is 1.17 bits per heavy atom. The fourth-order valence-electron chi connectivity index (χ4n) is 1.86. The quantitative estimate of drug-likeness (QED) is 0.854. The number of ether oxygens (including phenoxy) is 2. The predicted octanol–water partition coefficient (Wildman–Crippen LogP) is 3.69. The fraction of sp³-hybridized carbons (Fsp3) is 0.200. The highest BCUT2D eigenvalue weighted by Crippen LogP contribution is 2.31. The number of sulfonamides is 1. The van der Waals surface area contributed by atoms with E-state index in [1.807, 2.05) is 6.92 Å². The van der Waals surface area contributed by atoms with Gasteiger partial charge in [0.05, 0.1) is 29.3 Å². The van der Waals surface area contributed by atoms with Gasteiger partial charge in [0.2, 0.25) is 0 Å². The van der Waals surface area contributed by atoms with Gasteiger partial charge in [-0.1, -0.05) is 11.6 Å². The van der Waals surface area contributed by atoms with Crippen molar-refractivity contribution in [2.45, 2.75) is 11.8 Å². The molecule has 0 saturated carbocycles. The first-order valence-corrected chi connectivity index (χ1v) is 8.52. The first-order valence-electron chi connectivity index (χ1n) is 6.66. The number of benzene rings is 2. The lowest BCUT2D eigenvalue weighted by Crippen LogP contribution is -2.13. The van der Waals surface area contributed by atoms with Crippen molar-refractivity contribution < 1.29 is 22.3 Å². The summed E-state index contributed by atoms with van der Waals surface area (Å²) < 4.78 is 50.7. The number of halogens is 2. The Balaban J connectivity index is 2.31. The van der Waals surface area contributed by atoms with E-state index in [0.717, 1.165) is 18.2 Å². The molecule has 2 aromatic carbocycles. The van der Waals surface area contributed by atoms with E-state index in [4.69, 9.17) is 21.1 Å². The van der Waals surface area contributed by atoms with Gasteiger partial charge in [-0.2, -0.15) is 0 Å². The molecule has 0 aliphatic heterocycles. The lowest BCUT2D eigenvalue weighted by molar-refractivity contribution is 0.311. The first kappa shape index (κ1) is 17.4. The van der Waals surface area contributed by atoms with Crippen LogP contribution in [0.5, 0.6) is 11.5 Å². The zero-order chi connectivity index (χ0) is 17.0. The minimum Gasteiger partial charge on any atom is -0.493 e. The molecule has 0 radical (unpaired) electrons. The number of hydrogen-bond donors (Lipinski definition) is 1. The molecule has 0 bridgehead atoms. The minimum atomic E-state index is -3.90. The number of rotatable bonds is 6. The maximum Gasteiger partial charge on any atom is 0.261 e. The average Bonchev–Trinajstić information content (AvgIpc) is 2.51. The second-order valence-electron chi connectivity index (χ2n) is 4.48. The van der Waals surface area contributed by atoms with E-state index in [0.29, 0.717) is 18.1 Å². The van der Waals surface area contributed by atoms with Crippen LogP contribution in [-0.4, -0.2) is 22.1 Å². The molecule has 0 amide bonds. The third kappa shape index (κ3) is 4.05. The van der Waals surface area contributed by atoms with E-state index in [-0.39, 0.29) is 15.6 Å². The zero-order valence-corrected chi connectivity index (χ0v) is 14.0. The van der Waals surface area contributed by atoms with Gasteiger partial charge in [-0.25, -0.2) is 12.8 Å². The SMILES string of the molecule is CCOc1ccc(NS(=O)(=O)c2ccc(F)c(Cl)c2)cc1OC. The summed E-state index contributed by atoms with van der Waals surface area (Å²) in [6.45, 7) is 2.28. The molecule has 0 saturated heterocycles. The van der Waals surface area contributed by atoms with Crippen LogP contribution in [0.1, 0.15) is 6.92 Å². The number of anilines is 1. The standard InChI is InChI=1S/C15H15ClFNO4S/c1-3-22-14-7-4-10(8-15(14)21-2)18-23(19,20)11-5-6-13(17)12(16)9-11/h4-9,18H,3H2,1-2H3. The van der Waals surface area contributed by atoms with Gasteiger partial charge in [0, 0.05) is 6.07 Å². The summed E-state index contributed by atoms with van der Waals surface area (Å²) in [4.78, 5) is -0.142. The second kappa shape index (κ2) is 7.06.